The minimum atomic E-state index is -0.569. The number of aromatic hydroxyl groups is 2. The summed E-state index contributed by atoms with van der Waals surface area (Å²) in [5.74, 6) is -0.0218. The number of rotatable bonds is 5. The van der Waals surface area contributed by atoms with Gasteiger partial charge in [0, 0.05) is 5.69 Å². The first-order chi connectivity index (χ1) is 12.6. The fourth-order valence-electron chi connectivity index (χ4n) is 2.05. The number of phenolic OH excluding ortho intramolecular Hbond substituents is 1. The number of aromatic nitrogens is 2. The van der Waals surface area contributed by atoms with Crippen LogP contribution < -0.4 is 16.0 Å². The number of carbonyl (C=O) groups excluding carboxylic acids is 1. The monoisotopic (exact) mass is 350 g/mol. The number of phenols is 1. The number of anilines is 3. The van der Waals surface area contributed by atoms with Crippen molar-refractivity contribution in [1.82, 2.24) is 15.3 Å². The van der Waals surface area contributed by atoms with Crippen molar-refractivity contribution in [3.63, 3.8) is 0 Å². The summed E-state index contributed by atoms with van der Waals surface area (Å²) >= 11 is 0. The standard InChI is InChI=1S/C18H16N5O3/c24-14-8-6-12(7-9-14)10-20-18(26)22-15-11-19-17(23-16(15)25)21-13-4-2-1-3-5-13/h1-11,24H,(H2,20,22,26)(H2,19,21,23,25). The summed E-state index contributed by atoms with van der Waals surface area (Å²) in [4.78, 5) is 19.9. The van der Waals surface area contributed by atoms with E-state index < -0.39 is 6.03 Å². The summed E-state index contributed by atoms with van der Waals surface area (Å²) in [7, 11) is 0. The molecule has 5 N–H and O–H groups in total. The highest BCUT2D eigenvalue weighted by molar-refractivity contribution is 5.91. The highest BCUT2D eigenvalue weighted by Gasteiger charge is 2.10. The number of hydrogen-bond acceptors (Lipinski definition) is 6. The second-order valence-corrected chi connectivity index (χ2v) is 5.26. The Morgan fingerprint density at radius 1 is 1.00 bits per heavy atom. The topological polar surface area (TPSA) is 119 Å². The van der Waals surface area contributed by atoms with E-state index in [0.29, 0.717) is 5.56 Å². The largest absolute Gasteiger partial charge is 0.508 e. The number of carbonyl (C=O) groups is 1. The van der Waals surface area contributed by atoms with Crippen molar-refractivity contribution in [3.8, 4) is 11.6 Å². The zero-order valence-corrected chi connectivity index (χ0v) is 13.5. The van der Waals surface area contributed by atoms with E-state index in [0.717, 1.165) is 5.69 Å². The Hall–Kier alpha value is -3.81. The third-order valence-electron chi connectivity index (χ3n) is 3.31. The third-order valence-corrected chi connectivity index (χ3v) is 3.31. The Bertz CT molecular complexity index is 885. The Morgan fingerprint density at radius 2 is 1.73 bits per heavy atom. The van der Waals surface area contributed by atoms with Crippen molar-refractivity contribution in [2.24, 2.45) is 0 Å². The summed E-state index contributed by atoms with van der Waals surface area (Å²) in [6.45, 7) is 1.46. The fourth-order valence-corrected chi connectivity index (χ4v) is 2.05. The molecule has 3 rings (SSSR count). The van der Waals surface area contributed by atoms with Crippen molar-refractivity contribution in [2.45, 2.75) is 0 Å². The predicted molar refractivity (Wildman–Crippen MR) is 97.1 cm³/mol. The summed E-state index contributed by atoms with van der Waals surface area (Å²) in [5.41, 5.74) is 1.54. The Morgan fingerprint density at radius 3 is 2.42 bits per heavy atom. The second kappa shape index (κ2) is 7.84. The van der Waals surface area contributed by atoms with Gasteiger partial charge in [0.05, 0.1) is 12.7 Å². The van der Waals surface area contributed by atoms with Gasteiger partial charge in [-0.1, -0.05) is 30.3 Å². The number of hydrogen-bond donors (Lipinski definition) is 5. The summed E-state index contributed by atoms with van der Waals surface area (Å²) in [6, 6.07) is 15.0. The summed E-state index contributed by atoms with van der Waals surface area (Å²) in [5, 5.41) is 27.1. The smallest absolute Gasteiger partial charge is 0.320 e. The molecule has 8 heteroatoms. The maximum absolute atomic E-state index is 11.9. The van der Waals surface area contributed by atoms with Crippen LogP contribution in [0.2, 0.25) is 0 Å². The van der Waals surface area contributed by atoms with Crippen LogP contribution in [0.5, 0.6) is 11.6 Å². The molecule has 0 aliphatic rings. The van der Waals surface area contributed by atoms with Crippen LogP contribution in [0.4, 0.5) is 22.1 Å². The van der Waals surface area contributed by atoms with E-state index in [1.165, 1.54) is 24.9 Å². The van der Waals surface area contributed by atoms with Crippen molar-refractivity contribution < 1.29 is 15.0 Å². The van der Waals surface area contributed by atoms with E-state index in [-0.39, 0.29) is 23.3 Å². The SMILES string of the molecule is O=C(N[CH]c1ccc(O)cc1)Nc1cnc(Nc2ccccc2)nc1O. The second-order valence-electron chi connectivity index (χ2n) is 5.26. The first-order valence-electron chi connectivity index (χ1n) is 7.68. The Kier molecular flexibility index (Phi) is 5.14. The number of amides is 2. The maximum Gasteiger partial charge on any atom is 0.320 e. The number of nitrogens with one attached hydrogen (secondary N) is 3. The van der Waals surface area contributed by atoms with Crippen LogP contribution in [0.1, 0.15) is 5.56 Å². The van der Waals surface area contributed by atoms with Gasteiger partial charge in [0.25, 0.3) is 0 Å². The van der Waals surface area contributed by atoms with Crippen molar-refractivity contribution >= 4 is 23.4 Å². The molecule has 3 aromatic rings. The molecule has 0 aliphatic heterocycles. The zero-order valence-electron chi connectivity index (χ0n) is 13.5. The lowest BCUT2D eigenvalue weighted by Gasteiger charge is -2.10. The number of benzene rings is 2. The molecule has 0 saturated heterocycles. The average Bonchev–Trinajstić information content (AvgIpc) is 2.64. The van der Waals surface area contributed by atoms with Crippen molar-refractivity contribution in [1.29, 1.82) is 0 Å². The van der Waals surface area contributed by atoms with Crippen LogP contribution in [-0.4, -0.2) is 26.2 Å². The highest BCUT2D eigenvalue weighted by Crippen LogP contribution is 2.22. The molecule has 0 unspecified atom stereocenters. The highest BCUT2D eigenvalue weighted by atomic mass is 16.3. The van der Waals surface area contributed by atoms with Gasteiger partial charge < -0.3 is 26.2 Å². The van der Waals surface area contributed by atoms with E-state index in [1.54, 1.807) is 12.1 Å². The number of para-hydroxylation sites is 1. The van der Waals surface area contributed by atoms with Gasteiger partial charge in [-0.3, -0.25) is 0 Å². The quantitative estimate of drug-likeness (QED) is 0.483. The van der Waals surface area contributed by atoms with Gasteiger partial charge in [0.15, 0.2) is 0 Å². The first-order valence-corrected chi connectivity index (χ1v) is 7.68. The molecule has 26 heavy (non-hydrogen) atoms. The van der Waals surface area contributed by atoms with Crippen molar-refractivity contribution in [2.75, 3.05) is 10.6 Å². The molecule has 0 spiro atoms. The maximum atomic E-state index is 11.9. The molecule has 0 fully saturated rings. The molecule has 8 nitrogen and oxygen atoms in total. The molecular formula is C18H16N5O3. The van der Waals surface area contributed by atoms with E-state index >= 15 is 0 Å². The van der Waals surface area contributed by atoms with Crippen LogP contribution in [0.15, 0.2) is 60.8 Å². The summed E-state index contributed by atoms with van der Waals surface area (Å²) in [6.07, 6.45) is 1.30. The summed E-state index contributed by atoms with van der Waals surface area (Å²) < 4.78 is 0. The van der Waals surface area contributed by atoms with Gasteiger partial charge in [0.1, 0.15) is 11.4 Å². The van der Waals surface area contributed by atoms with Crippen LogP contribution in [0.25, 0.3) is 0 Å². The molecule has 0 aliphatic carbocycles. The minimum Gasteiger partial charge on any atom is -0.508 e. The fraction of sp³-hybridized carbons (Fsp3) is 0. The van der Waals surface area contributed by atoms with Gasteiger partial charge in [-0.15, -0.1) is 0 Å². The molecule has 1 radical (unpaired) electrons. The first kappa shape index (κ1) is 17.0. The van der Waals surface area contributed by atoms with Crippen LogP contribution in [-0.2, 0) is 0 Å². The van der Waals surface area contributed by atoms with E-state index in [2.05, 4.69) is 25.9 Å². The average molecular weight is 350 g/mol. The van der Waals surface area contributed by atoms with Gasteiger partial charge in [-0.05, 0) is 29.8 Å². The van der Waals surface area contributed by atoms with Gasteiger partial charge in [-0.25, -0.2) is 9.78 Å². The minimum absolute atomic E-state index is 0.0696. The molecule has 0 atom stereocenters. The lowest BCUT2D eigenvalue weighted by Crippen LogP contribution is -2.27. The lowest BCUT2D eigenvalue weighted by atomic mass is 10.2. The van der Waals surface area contributed by atoms with Crippen LogP contribution >= 0.6 is 0 Å². The van der Waals surface area contributed by atoms with E-state index in [4.69, 9.17) is 0 Å². The lowest BCUT2D eigenvalue weighted by molar-refractivity contribution is 0.254. The van der Waals surface area contributed by atoms with E-state index in [9.17, 15) is 15.0 Å². The Labute approximate surface area is 149 Å². The van der Waals surface area contributed by atoms with Crippen molar-refractivity contribution in [3.05, 3.63) is 72.9 Å². The molecule has 131 valence electrons. The predicted octanol–water partition coefficient (Wildman–Crippen LogP) is 2.96. The molecule has 0 saturated carbocycles. The van der Waals surface area contributed by atoms with Crippen LogP contribution in [0, 0.1) is 6.54 Å². The Balaban J connectivity index is 1.57. The normalized spacial score (nSPS) is 10.2. The number of nitrogens with zero attached hydrogens (tertiary/aromatic N) is 2. The zero-order chi connectivity index (χ0) is 18.4. The van der Waals surface area contributed by atoms with Gasteiger partial charge in [-0.2, -0.15) is 4.98 Å². The third kappa shape index (κ3) is 4.60. The van der Waals surface area contributed by atoms with Gasteiger partial charge in [0.2, 0.25) is 11.8 Å². The molecule has 2 aromatic carbocycles. The van der Waals surface area contributed by atoms with Gasteiger partial charge >= 0.3 is 6.03 Å². The molecule has 1 heterocycles. The van der Waals surface area contributed by atoms with Crippen LogP contribution in [0.3, 0.4) is 0 Å². The molecular weight excluding hydrogens is 334 g/mol. The number of urea groups is 1. The van der Waals surface area contributed by atoms with E-state index in [1.807, 2.05) is 30.3 Å². The molecule has 0 bridgehead atoms. The molecule has 2 amide bonds. The molecule has 1 aromatic heterocycles.